The van der Waals surface area contributed by atoms with E-state index in [-0.39, 0.29) is 5.91 Å². The highest BCUT2D eigenvalue weighted by atomic mass is 16.5. The molecule has 132 valence electrons. The van der Waals surface area contributed by atoms with E-state index in [1.165, 1.54) is 0 Å². The molecule has 1 amide bonds. The van der Waals surface area contributed by atoms with Crippen LogP contribution in [0.3, 0.4) is 0 Å². The van der Waals surface area contributed by atoms with Gasteiger partial charge in [0.25, 0.3) is 5.91 Å². The van der Waals surface area contributed by atoms with Crippen LogP contribution in [0.15, 0.2) is 59.1 Å². The first-order valence-electron chi connectivity index (χ1n) is 8.75. The van der Waals surface area contributed by atoms with Crippen LogP contribution in [-0.4, -0.2) is 36.0 Å². The molecule has 0 aliphatic carbocycles. The van der Waals surface area contributed by atoms with Gasteiger partial charge >= 0.3 is 0 Å². The van der Waals surface area contributed by atoms with Gasteiger partial charge < -0.3 is 14.1 Å². The van der Waals surface area contributed by atoms with Crippen molar-refractivity contribution in [2.24, 2.45) is 0 Å². The number of hydrogen-bond acceptors (Lipinski definition) is 4. The van der Waals surface area contributed by atoms with Crippen molar-refractivity contribution >= 4 is 5.91 Å². The van der Waals surface area contributed by atoms with Crippen molar-refractivity contribution in [3.8, 4) is 28.5 Å². The number of oxazole rings is 1. The quantitative estimate of drug-likeness (QED) is 0.707. The molecule has 0 unspecified atom stereocenters. The Morgan fingerprint density at radius 2 is 1.81 bits per heavy atom. The minimum absolute atomic E-state index is 0.0438. The van der Waals surface area contributed by atoms with Crippen molar-refractivity contribution in [2.75, 3.05) is 20.2 Å². The second-order valence-electron chi connectivity index (χ2n) is 6.30. The minimum atomic E-state index is 0.0438. The fraction of sp³-hybridized carbons (Fsp3) is 0.238. The largest absolute Gasteiger partial charge is 0.497 e. The van der Waals surface area contributed by atoms with Crippen molar-refractivity contribution in [2.45, 2.75) is 12.8 Å². The Hall–Kier alpha value is -3.08. The van der Waals surface area contributed by atoms with Gasteiger partial charge in [0.05, 0.1) is 18.9 Å². The lowest BCUT2D eigenvalue weighted by Crippen LogP contribution is -2.28. The number of carbonyl (C=O) groups is 1. The van der Waals surface area contributed by atoms with Gasteiger partial charge in [-0.15, -0.1) is 0 Å². The van der Waals surface area contributed by atoms with E-state index in [1.54, 1.807) is 13.3 Å². The topological polar surface area (TPSA) is 55.6 Å². The first kappa shape index (κ1) is 16.4. The zero-order chi connectivity index (χ0) is 17.9. The van der Waals surface area contributed by atoms with Gasteiger partial charge in [0.15, 0.2) is 5.76 Å². The first-order chi connectivity index (χ1) is 12.8. The molecule has 3 aromatic rings. The fourth-order valence-corrected chi connectivity index (χ4v) is 3.23. The summed E-state index contributed by atoms with van der Waals surface area (Å²) in [6.45, 7) is 1.63. The summed E-state index contributed by atoms with van der Waals surface area (Å²) in [5, 5.41) is 0. The highest BCUT2D eigenvalue weighted by Crippen LogP contribution is 2.30. The average Bonchev–Trinajstić information content (AvgIpc) is 3.40. The summed E-state index contributed by atoms with van der Waals surface area (Å²) in [5.41, 5.74) is 2.27. The Kier molecular flexibility index (Phi) is 4.44. The molecule has 2 heterocycles. The van der Waals surface area contributed by atoms with Crippen LogP contribution in [0.1, 0.15) is 23.2 Å². The van der Waals surface area contributed by atoms with Crippen molar-refractivity contribution < 1.29 is 13.9 Å². The number of amides is 1. The standard InChI is InChI=1S/C21H20N2O3/c1-25-16-10-8-15(9-11-16)19-14-22-20(26-19)17-6-2-3-7-18(17)21(24)23-12-4-5-13-23/h2-3,6-11,14H,4-5,12-13H2,1H3. The van der Waals surface area contributed by atoms with Crippen LogP contribution in [0.25, 0.3) is 22.8 Å². The molecule has 0 spiro atoms. The number of hydrogen-bond donors (Lipinski definition) is 0. The van der Waals surface area contributed by atoms with Crippen LogP contribution < -0.4 is 4.74 Å². The number of methoxy groups -OCH3 is 1. The Labute approximate surface area is 152 Å². The summed E-state index contributed by atoms with van der Waals surface area (Å²) in [6.07, 6.45) is 3.82. The number of rotatable bonds is 4. The molecule has 1 aliphatic heterocycles. The molecule has 1 saturated heterocycles. The Balaban J connectivity index is 1.66. The summed E-state index contributed by atoms with van der Waals surface area (Å²) < 4.78 is 11.1. The lowest BCUT2D eigenvalue weighted by molar-refractivity contribution is 0.0793. The maximum absolute atomic E-state index is 12.8. The molecule has 4 rings (SSSR count). The lowest BCUT2D eigenvalue weighted by atomic mass is 10.1. The Morgan fingerprint density at radius 1 is 1.08 bits per heavy atom. The van der Waals surface area contributed by atoms with Gasteiger partial charge in [-0.1, -0.05) is 12.1 Å². The van der Waals surface area contributed by atoms with E-state index < -0.39 is 0 Å². The molecule has 0 bridgehead atoms. The van der Waals surface area contributed by atoms with Crippen molar-refractivity contribution in [1.29, 1.82) is 0 Å². The Bertz CT molecular complexity index is 909. The number of nitrogens with zero attached hydrogens (tertiary/aromatic N) is 2. The summed E-state index contributed by atoms with van der Waals surface area (Å²) in [7, 11) is 1.63. The van der Waals surface area contributed by atoms with Gasteiger partial charge in [-0.3, -0.25) is 4.79 Å². The van der Waals surface area contributed by atoms with Crippen LogP contribution in [0, 0.1) is 0 Å². The first-order valence-corrected chi connectivity index (χ1v) is 8.75. The zero-order valence-electron chi connectivity index (χ0n) is 14.6. The van der Waals surface area contributed by atoms with E-state index in [9.17, 15) is 4.79 Å². The Morgan fingerprint density at radius 3 is 2.54 bits per heavy atom. The number of aromatic nitrogens is 1. The number of carbonyl (C=O) groups excluding carboxylic acids is 1. The van der Waals surface area contributed by atoms with Crippen molar-refractivity contribution in [3.63, 3.8) is 0 Å². The van der Waals surface area contributed by atoms with Crippen LogP contribution >= 0.6 is 0 Å². The molecule has 5 heteroatoms. The number of benzene rings is 2. The highest BCUT2D eigenvalue weighted by Gasteiger charge is 2.23. The monoisotopic (exact) mass is 348 g/mol. The molecule has 2 aromatic carbocycles. The van der Waals surface area contributed by atoms with Gasteiger partial charge in [-0.05, 0) is 49.2 Å². The molecule has 0 atom stereocenters. The van der Waals surface area contributed by atoms with Gasteiger partial charge in [0.1, 0.15) is 5.75 Å². The smallest absolute Gasteiger partial charge is 0.254 e. The van der Waals surface area contributed by atoms with E-state index >= 15 is 0 Å². The number of likely N-dealkylation sites (tertiary alicyclic amines) is 1. The predicted octanol–water partition coefficient (Wildman–Crippen LogP) is 4.25. The molecular formula is C21H20N2O3. The molecule has 0 saturated carbocycles. The van der Waals surface area contributed by atoms with Gasteiger partial charge in [0.2, 0.25) is 5.89 Å². The normalized spacial score (nSPS) is 13.8. The lowest BCUT2D eigenvalue weighted by Gasteiger charge is -2.16. The molecule has 1 aliphatic rings. The second kappa shape index (κ2) is 7.04. The number of ether oxygens (including phenoxy) is 1. The van der Waals surface area contributed by atoms with Crippen molar-refractivity contribution in [1.82, 2.24) is 9.88 Å². The third-order valence-corrected chi connectivity index (χ3v) is 4.66. The van der Waals surface area contributed by atoms with Crippen molar-refractivity contribution in [3.05, 3.63) is 60.3 Å². The second-order valence-corrected chi connectivity index (χ2v) is 6.30. The highest BCUT2D eigenvalue weighted by molar-refractivity contribution is 6.00. The summed E-state index contributed by atoms with van der Waals surface area (Å²) in [5.74, 6) is 1.95. The molecule has 0 radical (unpaired) electrons. The maximum atomic E-state index is 12.8. The van der Waals surface area contributed by atoms with Crippen LogP contribution in [-0.2, 0) is 0 Å². The molecule has 0 N–H and O–H groups in total. The molecular weight excluding hydrogens is 328 g/mol. The molecule has 1 fully saturated rings. The van der Waals surface area contributed by atoms with E-state index in [4.69, 9.17) is 9.15 Å². The summed E-state index contributed by atoms with van der Waals surface area (Å²) in [4.78, 5) is 19.1. The molecule has 5 nitrogen and oxygen atoms in total. The fourth-order valence-electron chi connectivity index (χ4n) is 3.23. The summed E-state index contributed by atoms with van der Waals surface area (Å²) >= 11 is 0. The van der Waals surface area contributed by atoms with E-state index in [1.807, 2.05) is 53.4 Å². The predicted molar refractivity (Wildman–Crippen MR) is 99.1 cm³/mol. The average molecular weight is 348 g/mol. The summed E-state index contributed by atoms with van der Waals surface area (Å²) in [6, 6.07) is 15.1. The molecule has 26 heavy (non-hydrogen) atoms. The van der Waals surface area contributed by atoms with Crippen LogP contribution in [0.2, 0.25) is 0 Å². The van der Waals surface area contributed by atoms with E-state index in [2.05, 4.69) is 4.98 Å². The van der Waals surface area contributed by atoms with Gasteiger partial charge in [-0.2, -0.15) is 0 Å². The van der Waals surface area contributed by atoms with Gasteiger partial charge in [-0.25, -0.2) is 4.98 Å². The zero-order valence-corrected chi connectivity index (χ0v) is 14.6. The van der Waals surface area contributed by atoms with Crippen LogP contribution in [0.4, 0.5) is 0 Å². The maximum Gasteiger partial charge on any atom is 0.254 e. The SMILES string of the molecule is COc1ccc(-c2cnc(-c3ccccc3C(=O)N3CCCC3)o2)cc1. The van der Waals surface area contributed by atoms with E-state index in [0.717, 1.165) is 42.8 Å². The van der Waals surface area contributed by atoms with E-state index in [0.29, 0.717) is 17.2 Å². The van der Waals surface area contributed by atoms with Crippen LogP contribution in [0.5, 0.6) is 5.75 Å². The third kappa shape index (κ3) is 3.08. The molecule has 1 aromatic heterocycles. The van der Waals surface area contributed by atoms with Gasteiger partial charge in [0, 0.05) is 24.2 Å². The minimum Gasteiger partial charge on any atom is -0.497 e. The third-order valence-electron chi connectivity index (χ3n) is 4.66.